The molecule has 1 unspecified atom stereocenters. The molecule has 1 atom stereocenters. The van der Waals surface area contributed by atoms with Gasteiger partial charge in [-0.15, -0.1) is 11.6 Å². The zero-order valence-electron chi connectivity index (χ0n) is 11.4. The van der Waals surface area contributed by atoms with Crippen LogP contribution in [0.25, 0.3) is 11.2 Å². The van der Waals surface area contributed by atoms with Crippen LogP contribution < -0.4 is 0 Å². The first kappa shape index (κ1) is 12.9. The van der Waals surface area contributed by atoms with Gasteiger partial charge in [0.05, 0.1) is 18.2 Å². The van der Waals surface area contributed by atoms with Crippen molar-refractivity contribution < 1.29 is 4.74 Å². The number of alkyl halides is 1. The molecule has 1 fully saturated rings. The Morgan fingerprint density at radius 1 is 1.47 bits per heavy atom. The van der Waals surface area contributed by atoms with Crippen molar-refractivity contribution in [2.75, 3.05) is 13.2 Å². The maximum Gasteiger partial charge on any atom is 0.158 e. The van der Waals surface area contributed by atoms with Crippen molar-refractivity contribution in [2.45, 2.75) is 39.2 Å². The Kier molecular flexibility index (Phi) is 3.50. The van der Waals surface area contributed by atoms with E-state index in [1.807, 2.05) is 11.6 Å². The van der Waals surface area contributed by atoms with Crippen molar-refractivity contribution in [2.24, 2.45) is 5.92 Å². The molecule has 0 saturated carbocycles. The van der Waals surface area contributed by atoms with Crippen LogP contribution in [-0.4, -0.2) is 32.5 Å². The lowest BCUT2D eigenvalue weighted by Crippen LogP contribution is -2.15. The Morgan fingerprint density at radius 3 is 2.95 bits per heavy atom. The smallest absolute Gasteiger partial charge is 0.158 e. The summed E-state index contributed by atoms with van der Waals surface area (Å²) in [4.78, 5) is 4.65. The molecule has 0 amide bonds. The highest BCUT2D eigenvalue weighted by Gasteiger charge is 2.22. The van der Waals surface area contributed by atoms with Gasteiger partial charge in [-0.2, -0.15) is 5.10 Å². The standard InChI is InChI=1S/C13H19ClN4O/c1-3-18-13-12(9(2)16-18)15-11(6-14)17(13)7-10-4-5-19-8-10/h10H,3-8H2,1-2H3. The minimum absolute atomic E-state index is 0.436. The molecule has 1 saturated heterocycles. The van der Waals surface area contributed by atoms with Crippen LogP contribution in [0.3, 0.4) is 0 Å². The first-order valence-corrected chi connectivity index (χ1v) is 7.34. The van der Waals surface area contributed by atoms with Crippen molar-refractivity contribution in [3.05, 3.63) is 11.5 Å². The van der Waals surface area contributed by atoms with E-state index in [0.717, 1.165) is 55.4 Å². The number of fused-ring (bicyclic) bond motifs is 1. The van der Waals surface area contributed by atoms with Crippen LogP contribution in [0.2, 0.25) is 0 Å². The van der Waals surface area contributed by atoms with Gasteiger partial charge in [0.25, 0.3) is 0 Å². The number of aromatic nitrogens is 4. The average Bonchev–Trinajstić information content (AvgIpc) is 3.09. The summed E-state index contributed by atoms with van der Waals surface area (Å²) >= 11 is 6.05. The minimum Gasteiger partial charge on any atom is -0.381 e. The summed E-state index contributed by atoms with van der Waals surface area (Å²) in [6.45, 7) is 7.57. The molecule has 0 aromatic carbocycles. The molecule has 19 heavy (non-hydrogen) atoms. The number of hydrogen-bond acceptors (Lipinski definition) is 3. The normalized spacial score (nSPS) is 19.6. The Bertz CT molecular complexity index is 583. The van der Waals surface area contributed by atoms with Crippen LogP contribution in [0.1, 0.15) is 24.9 Å². The maximum absolute atomic E-state index is 6.05. The van der Waals surface area contributed by atoms with E-state index in [4.69, 9.17) is 16.3 Å². The fraction of sp³-hybridized carbons (Fsp3) is 0.692. The average molecular weight is 283 g/mol. The summed E-state index contributed by atoms with van der Waals surface area (Å²) in [5, 5.41) is 4.54. The van der Waals surface area contributed by atoms with Crippen LogP contribution in [0.4, 0.5) is 0 Å². The second-order valence-corrected chi connectivity index (χ2v) is 5.34. The topological polar surface area (TPSA) is 44.9 Å². The summed E-state index contributed by atoms with van der Waals surface area (Å²) in [6, 6.07) is 0. The highest BCUT2D eigenvalue weighted by atomic mass is 35.5. The third-order valence-electron chi connectivity index (χ3n) is 3.76. The fourth-order valence-corrected chi connectivity index (χ4v) is 2.97. The predicted octanol–water partition coefficient (Wildman–Crippen LogP) is 2.34. The molecule has 3 rings (SSSR count). The quantitative estimate of drug-likeness (QED) is 0.809. The van der Waals surface area contributed by atoms with E-state index in [2.05, 4.69) is 21.6 Å². The molecule has 1 aliphatic rings. The van der Waals surface area contributed by atoms with Crippen LogP contribution in [0, 0.1) is 12.8 Å². The van der Waals surface area contributed by atoms with Crippen LogP contribution in [0.5, 0.6) is 0 Å². The lowest BCUT2D eigenvalue weighted by atomic mass is 10.1. The van der Waals surface area contributed by atoms with Crippen molar-refractivity contribution >= 4 is 22.8 Å². The van der Waals surface area contributed by atoms with Gasteiger partial charge in [0.15, 0.2) is 5.65 Å². The van der Waals surface area contributed by atoms with Crippen molar-refractivity contribution in [1.29, 1.82) is 0 Å². The number of rotatable bonds is 4. The lowest BCUT2D eigenvalue weighted by molar-refractivity contribution is 0.182. The summed E-state index contributed by atoms with van der Waals surface area (Å²) < 4.78 is 9.71. The summed E-state index contributed by atoms with van der Waals surface area (Å²) in [7, 11) is 0. The number of ether oxygens (including phenoxy) is 1. The van der Waals surface area contributed by atoms with Gasteiger partial charge in [0.2, 0.25) is 0 Å². The van der Waals surface area contributed by atoms with E-state index in [1.165, 1.54) is 0 Å². The molecule has 0 spiro atoms. The monoisotopic (exact) mass is 282 g/mol. The van der Waals surface area contributed by atoms with E-state index < -0.39 is 0 Å². The van der Waals surface area contributed by atoms with Crippen molar-refractivity contribution in [3.63, 3.8) is 0 Å². The molecule has 2 aromatic heterocycles. The minimum atomic E-state index is 0.436. The van der Waals surface area contributed by atoms with E-state index in [0.29, 0.717) is 11.8 Å². The van der Waals surface area contributed by atoms with Gasteiger partial charge < -0.3 is 9.30 Å². The molecule has 0 aliphatic carbocycles. The summed E-state index contributed by atoms with van der Waals surface area (Å²) in [6.07, 6.45) is 1.11. The Balaban J connectivity index is 2.07. The third-order valence-corrected chi connectivity index (χ3v) is 4.00. The third kappa shape index (κ3) is 2.15. The van der Waals surface area contributed by atoms with Crippen LogP contribution in [-0.2, 0) is 23.7 Å². The van der Waals surface area contributed by atoms with Gasteiger partial charge in [-0.1, -0.05) is 0 Å². The van der Waals surface area contributed by atoms with E-state index in [9.17, 15) is 0 Å². The highest BCUT2D eigenvalue weighted by molar-refractivity contribution is 6.16. The summed E-state index contributed by atoms with van der Waals surface area (Å²) in [5.41, 5.74) is 3.06. The second kappa shape index (κ2) is 5.13. The van der Waals surface area contributed by atoms with Gasteiger partial charge >= 0.3 is 0 Å². The van der Waals surface area contributed by atoms with Gasteiger partial charge in [-0.3, -0.25) is 0 Å². The Hall–Kier alpha value is -1.07. The van der Waals surface area contributed by atoms with Gasteiger partial charge in [0.1, 0.15) is 11.3 Å². The van der Waals surface area contributed by atoms with E-state index in [-0.39, 0.29) is 0 Å². The SMILES string of the molecule is CCn1nc(C)c2nc(CCl)n(CC3CCOC3)c21. The molecule has 1 aliphatic heterocycles. The van der Waals surface area contributed by atoms with E-state index >= 15 is 0 Å². The number of nitrogens with zero attached hydrogens (tertiary/aromatic N) is 4. The molecular formula is C13H19ClN4O. The Morgan fingerprint density at radius 2 is 2.32 bits per heavy atom. The zero-order valence-corrected chi connectivity index (χ0v) is 12.2. The summed E-state index contributed by atoms with van der Waals surface area (Å²) in [5.74, 6) is 1.93. The number of hydrogen-bond donors (Lipinski definition) is 0. The zero-order chi connectivity index (χ0) is 13.4. The second-order valence-electron chi connectivity index (χ2n) is 5.08. The fourth-order valence-electron chi connectivity index (χ4n) is 2.77. The molecule has 6 heteroatoms. The largest absolute Gasteiger partial charge is 0.381 e. The van der Waals surface area contributed by atoms with Gasteiger partial charge in [-0.25, -0.2) is 9.67 Å². The number of imidazole rings is 1. The first-order chi connectivity index (χ1) is 9.24. The predicted molar refractivity (Wildman–Crippen MR) is 74.4 cm³/mol. The van der Waals surface area contributed by atoms with Gasteiger partial charge in [0, 0.05) is 25.6 Å². The molecule has 3 heterocycles. The number of halogens is 1. The van der Waals surface area contributed by atoms with Crippen LogP contribution in [0.15, 0.2) is 0 Å². The number of aryl methyl sites for hydroxylation is 2. The van der Waals surface area contributed by atoms with Crippen molar-refractivity contribution in [1.82, 2.24) is 19.3 Å². The molecular weight excluding hydrogens is 264 g/mol. The molecule has 2 aromatic rings. The molecule has 0 N–H and O–H groups in total. The lowest BCUT2D eigenvalue weighted by Gasteiger charge is -2.13. The Labute approximate surface area is 117 Å². The van der Waals surface area contributed by atoms with Crippen molar-refractivity contribution in [3.8, 4) is 0 Å². The first-order valence-electron chi connectivity index (χ1n) is 6.80. The molecule has 104 valence electrons. The van der Waals surface area contributed by atoms with E-state index in [1.54, 1.807) is 0 Å². The maximum atomic E-state index is 6.05. The molecule has 0 bridgehead atoms. The highest BCUT2D eigenvalue weighted by Crippen LogP contribution is 2.24. The molecule has 5 nitrogen and oxygen atoms in total. The van der Waals surface area contributed by atoms with Gasteiger partial charge in [-0.05, 0) is 20.3 Å². The van der Waals surface area contributed by atoms with Crippen LogP contribution >= 0.6 is 11.6 Å². The molecule has 0 radical (unpaired) electrons.